The highest BCUT2D eigenvalue weighted by Crippen LogP contribution is 2.36. The van der Waals surface area contributed by atoms with Gasteiger partial charge in [0.1, 0.15) is 17.2 Å². The summed E-state index contributed by atoms with van der Waals surface area (Å²) in [5.74, 6) is 1.71. The van der Waals surface area contributed by atoms with Gasteiger partial charge in [0.25, 0.3) is 0 Å². The van der Waals surface area contributed by atoms with Crippen LogP contribution in [0.4, 0.5) is 4.39 Å². The minimum atomic E-state index is -0.413. The molecule has 0 N–H and O–H groups in total. The monoisotopic (exact) mass is 433 g/mol. The molecule has 4 rings (SSSR count). The van der Waals surface area contributed by atoms with Crippen LogP contribution in [-0.2, 0) is 0 Å². The van der Waals surface area contributed by atoms with Crippen molar-refractivity contribution in [2.75, 3.05) is 0 Å². The van der Waals surface area contributed by atoms with Crippen molar-refractivity contribution < 1.29 is 13.9 Å². The average molecular weight is 434 g/mol. The maximum atomic E-state index is 14.0. The molecular formula is C24H15BrFO2. The molecule has 0 atom stereocenters. The van der Waals surface area contributed by atoms with Crippen LogP contribution < -0.4 is 9.47 Å². The Morgan fingerprint density at radius 3 is 2.36 bits per heavy atom. The third-order valence-corrected chi connectivity index (χ3v) is 4.55. The van der Waals surface area contributed by atoms with Crippen molar-refractivity contribution in [3.63, 3.8) is 0 Å². The van der Waals surface area contributed by atoms with E-state index in [1.165, 1.54) is 6.07 Å². The average Bonchev–Trinajstić information content (AvgIpc) is 2.70. The number of hydrogen-bond donors (Lipinski definition) is 0. The molecule has 0 spiro atoms. The Morgan fingerprint density at radius 1 is 0.750 bits per heavy atom. The van der Waals surface area contributed by atoms with E-state index in [1.54, 1.807) is 30.3 Å². The highest BCUT2D eigenvalue weighted by Gasteiger charge is 2.10. The van der Waals surface area contributed by atoms with Gasteiger partial charge in [-0.15, -0.1) is 0 Å². The van der Waals surface area contributed by atoms with Crippen molar-refractivity contribution in [2.24, 2.45) is 0 Å². The molecule has 4 aromatic rings. The Kier molecular flexibility index (Phi) is 5.40. The Bertz CT molecular complexity index is 1110. The topological polar surface area (TPSA) is 18.5 Å². The van der Waals surface area contributed by atoms with E-state index in [4.69, 9.17) is 9.47 Å². The number of para-hydroxylation sites is 1. The van der Waals surface area contributed by atoms with Gasteiger partial charge in [-0.25, -0.2) is 4.39 Å². The van der Waals surface area contributed by atoms with Crippen molar-refractivity contribution in [1.82, 2.24) is 0 Å². The van der Waals surface area contributed by atoms with E-state index in [2.05, 4.69) is 22.0 Å². The summed E-state index contributed by atoms with van der Waals surface area (Å²) in [6, 6.07) is 30.0. The summed E-state index contributed by atoms with van der Waals surface area (Å²) in [7, 11) is 0. The van der Waals surface area contributed by atoms with E-state index in [0.29, 0.717) is 11.5 Å². The molecule has 137 valence electrons. The van der Waals surface area contributed by atoms with Gasteiger partial charge in [-0.1, -0.05) is 58.4 Å². The first-order valence-corrected chi connectivity index (χ1v) is 9.45. The predicted molar refractivity (Wildman–Crippen MR) is 111 cm³/mol. The van der Waals surface area contributed by atoms with Gasteiger partial charge in [0.05, 0.1) is 0 Å². The smallest absolute Gasteiger partial charge is 0.165 e. The van der Waals surface area contributed by atoms with Gasteiger partial charge in [0.2, 0.25) is 0 Å². The summed E-state index contributed by atoms with van der Waals surface area (Å²) < 4.78 is 26.7. The molecule has 0 saturated heterocycles. The molecule has 0 aromatic heterocycles. The largest absolute Gasteiger partial charge is 0.457 e. The molecule has 4 aromatic carbocycles. The first-order chi connectivity index (χ1) is 13.7. The summed E-state index contributed by atoms with van der Waals surface area (Å²) in [6.07, 6.45) is 0. The van der Waals surface area contributed by atoms with Crippen molar-refractivity contribution in [1.29, 1.82) is 0 Å². The lowest BCUT2D eigenvalue weighted by Crippen LogP contribution is -1.91. The van der Waals surface area contributed by atoms with Gasteiger partial charge in [-0.3, -0.25) is 0 Å². The van der Waals surface area contributed by atoms with Gasteiger partial charge in [0.15, 0.2) is 11.6 Å². The maximum absolute atomic E-state index is 14.0. The second-order valence-corrected chi connectivity index (χ2v) is 6.96. The zero-order valence-corrected chi connectivity index (χ0v) is 16.3. The molecule has 0 aliphatic carbocycles. The maximum Gasteiger partial charge on any atom is 0.165 e. The normalized spacial score (nSPS) is 10.5. The van der Waals surface area contributed by atoms with Crippen molar-refractivity contribution in [3.05, 3.63) is 107 Å². The van der Waals surface area contributed by atoms with Gasteiger partial charge in [0, 0.05) is 10.0 Å². The van der Waals surface area contributed by atoms with E-state index >= 15 is 0 Å². The fourth-order valence-electron chi connectivity index (χ4n) is 2.78. The van der Waals surface area contributed by atoms with Crippen LogP contribution in [-0.4, -0.2) is 0 Å². The fraction of sp³-hybridized carbons (Fsp3) is 0. The molecular weight excluding hydrogens is 419 g/mol. The zero-order chi connectivity index (χ0) is 19.3. The summed E-state index contributed by atoms with van der Waals surface area (Å²) in [4.78, 5) is 0. The third kappa shape index (κ3) is 4.24. The van der Waals surface area contributed by atoms with E-state index < -0.39 is 5.82 Å². The predicted octanol–water partition coefficient (Wildman–Crippen LogP) is 7.64. The first kappa shape index (κ1) is 18.3. The van der Waals surface area contributed by atoms with Crippen molar-refractivity contribution in [2.45, 2.75) is 0 Å². The fourth-order valence-corrected chi connectivity index (χ4v) is 3.16. The highest BCUT2D eigenvalue weighted by atomic mass is 79.9. The van der Waals surface area contributed by atoms with E-state index in [-0.39, 0.29) is 5.75 Å². The lowest BCUT2D eigenvalue weighted by Gasteiger charge is -2.13. The third-order valence-electron chi connectivity index (χ3n) is 4.06. The van der Waals surface area contributed by atoms with E-state index in [1.807, 2.05) is 54.6 Å². The summed E-state index contributed by atoms with van der Waals surface area (Å²) in [5, 5.41) is 0. The number of halogens is 2. The van der Waals surface area contributed by atoms with Crippen LogP contribution in [0, 0.1) is 11.9 Å². The molecule has 0 heterocycles. The minimum Gasteiger partial charge on any atom is -0.457 e. The number of hydrogen-bond acceptors (Lipinski definition) is 2. The number of benzene rings is 4. The molecule has 2 nitrogen and oxygen atoms in total. The second-order valence-electron chi connectivity index (χ2n) is 6.04. The van der Waals surface area contributed by atoms with E-state index in [0.717, 1.165) is 21.3 Å². The lowest BCUT2D eigenvalue weighted by atomic mass is 10.0. The minimum absolute atomic E-state index is 0.171. The summed E-state index contributed by atoms with van der Waals surface area (Å²) in [5.41, 5.74) is 1.72. The zero-order valence-electron chi connectivity index (χ0n) is 14.7. The lowest BCUT2D eigenvalue weighted by molar-refractivity contribution is 0.443. The summed E-state index contributed by atoms with van der Waals surface area (Å²) >= 11 is 3.44. The Hall–Kier alpha value is -3.11. The molecule has 0 saturated carbocycles. The van der Waals surface area contributed by atoms with Gasteiger partial charge < -0.3 is 9.47 Å². The highest BCUT2D eigenvalue weighted by molar-refractivity contribution is 9.10. The molecule has 0 fully saturated rings. The van der Waals surface area contributed by atoms with Gasteiger partial charge >= 0.3 is 0 Å². The first-order valence-electron chi connectivity index (χ1n) is 8.65. The Balaban J connectivity index is 1.65. The standard InChI is InChI=1S/C24H15BrFO2/c25-18-8-6-10-20(16-18)27-19-9-5-7-17(15-19)21-11-1-3-13-23(21)28-24-14-4-2-12-22(24)26/h1-2,4-16H. The number of ether oxygens (including phenoxy) is 2. The van der Waals surface area contributed by atoms with E-state index in [9.17, 15) is 4.39 Å². The van der Waals surface area contributed by atoms with Gasteiger partial charge in [-0.2, -0.15) is 0 Å². The molecule has 1 radical (unpaired) electrons. The van der Waals surface area contributed by atoms with Gasteiger partial charge in [-0.05, 0) is 60.2 Å². The Morgan fingerprint density at radius 2 is 1.54 bits per heavy atom. The van der Waals surface area contributed by atoms with Crippen LogP contribution in [0.15, 0.2) is 95.5 Å². The van der Waals surface area contributed by atoms with Crippen LogP contribution >= 0.6 is 15.9 Å². The second kappa shape index (κ2) is 8.28. The quantitative estimate of drug-likeness (QED) is 0.321. The van der Waals surface area contributed by atoms with Crippen LogP contribution in [0.5, 0.6) is 23.0 Å². The summed E-state index contributed by atoms with van der Waals surface area (Å²) in [6.45, 7) is 0. The SMILES string of the molecule is Fc1ccccc1Oc1c[c]ccc1-c1cccc(Oc2cccc(Br)c2)c1. The Labute approximate surface area is 171 Å². The van der Waals surface area contributed by atoms with Crippen LogP contribution in [0.2, 0.25) is 0 Å². The molecule has 0 bridgehead atoms. The molecule has 0 unspecified atom stereocenters. The molecule has 0 aliphatic heterocycles. The van der Waals surface area contributed by atoms with Crippen LogP contribution in [0.3, 0.4) is 0 Å². The molecule has 0 aliphatic rings. The molecule has 4 heteroatoms. The van der Waals surface area contributed by atoms with Crippen molar-refractivity contribution >= 4 is 15.9 Å². The van der Waals surface area contributed by atoms with Crippen LogP contribution in [0.25, 0.3) is 11.1 Å². The van der Waals surface area contributed by atoms with Crippen molar-refractivity contribution in [3.8, 4) is 34.1 Å². The number of rotatable bonds is 5. The molecule has 28 heavy (non-hydrogen) atoms. The van der Waals surface area contributed by atoms with Crippen LogP contribution in [0.1, 0.15) is 0 Å². The molecule has 0 amide bonds.